The summed E-state index contributed by atoms with van der Waals surface area (Å²) in [4.78, 5) is 9.13. The monoisotopic (exact) mass is 383 g/mol. The van der Waals surface area contributed by atoms with Gasteiger partial charge in [-0.3, -0.25) is 4.57 Å². The van der Waals surface area contributed by atoms with Crippen molar-refractivity contribution in [2.24, 2.45) is 0 Å². The Labute approximate surface area is 141 Å². The van der Waals surface area contributed by atoms with E-state index < -0.39 is 0 Å². The van der Waals surface area contributed by atoms with Crippen LogP contribution in [0.4, 0.5) is 0 Å². The minimum Gasteiger partial charge on any atom is -0.279 e. The van der Waals surface area contributed by atoms with E-state index >= 15 is 0 Å². The fraction of sp³-hybridized carbons (Fsp3) is 0.200. The highest BCUT2D eigenvalue weighted by molar-refractivity contribution is 9.10. The summed E-state index contributed by atoms with van der Waals surface area (Å²) >= 11 is 15.8. The van der Waals surface area contributed by atoms with Gasteiger partial charge in [-0.15, -0.1) is 11.6 Å². The van der Waals surface area contributed by atoms with Crippen LogP contribution in [0.25, 0.3) is 16.9 Å². The Balaban J connectivity index is 2.36. The van der Waals surface area contributed by atoms with Crippen LogP contribution in [-0.2, 0) is 0 Å². The predicted octanol–water partition coefficient (Wildman–Crippen LogP) is 5.44. The minimum atomic E-state index is -0.229. The number of rotatable bonds is 2. The third-order valence-corrected chi connectivity index (χ3v) is 4.70. The van der Waals surface area contributed by atoms with Crippen molar-refractivity contribution in [1.82, 2.24) is 14.5 Å². The second kappa shape index (κ2) is 5.59. The predicted molar refractivity (Wildman–Crippen MR) is 90.6 cm³/mol. The number of alkyl halides is 1. The molecule has 6 heteroatoms. The fourth-order valence-electron chi connectivity index (χ4n) is 2.26. The van der Waals surface area contributed by atoms with Crippen molar-refractivity contribution in [1.29, 1.82) is 0 Å². The summed E-state index contributed by atoms with van der Waals surface area (Å²) in [7, 11) is 0. The van der Waals surface area contributed by atoms with E-state index in [1.165, 1.54) is 0 Å². The Morgan fingerprint density at radius 2 is 2.05 bits per heavy atom. The SMILES string of the molecule is Cc1ccnc2c1nc(C(C)Cl)n2-c1ccc(Cl)c(Br)c1. The van der Waals surface area contributed by atoms with Crippen LogP contribution in [0, 0.1) is 6.92 Å². The molecule has 1 unspecified atom stereocenters. The summed E-state index contributed by atoms with van der Waals surface area (Å²) in [5.74, 6) is 0.766. The van der Waals surface area contributed by atoms with Gasteiger partial charge in [0.05, 0.1) is 16.1 Å². The molecule has 0 aliphatic rings. The molecule has 0 aliphatic carbocycles. The van der Waals surface area contributed by atoms with Crippen LogP contribution in [0.15, 0.2) is 34.9 Å². The fourth-order valence-corrected chi connectivity index (χ4v) is 2.89. The molecule has 21 heavy (non-hydrogen) atoms. The number of imidazole rings is 1. The maximum Gasteiger partial charge on any atom is 0.164 e. The lowest BCUT2D eigenvalue weighted by atomic mass is 10.2. The molecule has 1 atom stereocenters. The Bertz CT molecular complexity index is 827. The molecule has 3 aromatic rings. The first-order chi connectivity index (χ1) is 9.99. The van der Waals surface area contributed by atoms with E-state index in [2.05, 4.69) is 25.9 Å². The largest absolute Gasteiger partial charge is 0.279 e. The highest BCUT2D eigenvalue weighted by Crippen LogP contribution is 2.31. The molecule has 0 bridgehead atoms. The van der Waals surface area contributed by atoms with Gasteiger partial charge in [-0.05, 0) is 59.6 Å². The average Bonchev–Trinajstić information content (AvgIpc) is 2.83. The minimum absolute atomic E-state index is 0.229. The molecule has 0 saturated carbocycles. The van der Waals surface area contributed by atoms with E-state index in [9.17, 15) is 0 Å². The molecular formula is C15H12BrCl2N3. The van der Waals surface area contributed by atoms with Gasteiger partial charge in [-0.1, -0.05) is 11.6 Å². The number of benzene rings is 1. The summed E-state index contributed by atoms with van der Waals surface area (Å²) in [6.45, 7) is 3.92. The summed E-state index contributed by atoms with van der Waals surface area (Å²) in [5, 5.41) is 0.431. The van der Waals surface area contributed by atoms with E-state index in [0.29, 0.717) is 5.02 Å². The third kappa shape index (κ3) is 2.56. The maximum absolute atomic E-state index is 6.30. The molecule has 0 amide bonds. The molecule has 0 fully saturated rings. The van der Waals surface area contributed by atoms with Gasteiger partial charge in [-0.25, -0.2) is 9.97 Å². The smallest absolute Gasteiger partial charge is 0.164 e. The first-order valence-corrected chi connectivity index (χ1v) is 8.03. The number of hydrogen-bond donors (Lipinski definition) is 0. The topological polar surface area (TPSA) is 30.7 Å². The zero-order valence-electron chi connectivity index (χ0n) is 11.4. The summed E-state index contributed by atoms with van der Waals surface area (Å²) < 4.78 is 2.80. The summed E-state index contributed by atoms with van der Waals surface area (Å²) in [5.41, 5.74) is 3.66. The normalized spacial score (nSPS) is 12.8. The van der Waals surface area contributed by atoms with Gasteiger partial charge >= 0.3 is 0 Å². The van der Waals surface area contributed by atoms with Gasteiger partial charge in [0.2, 0.25) is 0 Å². The molecule has 0 N–H and O–H groups in total. The van der Waals surface area contributed by atoms with Crippen molar-refractivity contribution in [3.63, 3.8) is 0 Å². The van der Waals surface area contributed by atoms with Gasteiger partial charge in [0.1, 0.15) is 11.3 Å². The van der Waals surface area contributed by atoms with Crippen molar-refractivity contribution >= 4 is 50.3 Å². The molecule has 3 nitrogen and oxygen atoms in total. The first kappa shape index (κ1) is 14.8. The van der Waals surface area contributed by atoms with Crippen LogP contribution in [0.3, 0.4) is 0 Å². The third-order valence-electron chi connectivity index (χ3n) is 3.29. The van der Waals surface area contributed by atoms with E-state index in [0.717, 1.165) is 32.7 Å². The van der Waals surface area contributed by atoms with Gasteiger partial charge in [0, 0.05) is 10.7 Å². The van der Waals surface area contributed by atoms with Crippen molar-refractivity contribution < 1.29 is 0 Å². The van der Waals surface area contributed by atoms with Gasteiger partial charge in [-0.2, -0.15) is 0 Å². The van der Waals surface area contributed by atoms with Gasteiger partial charge in [0.25, 0.3) is 0 Å². The second-order valence-electron chi connectivity index (χ2n) is 4.82. The number of fused-ring (bicyclic) bond motifs is 1. The molecule has 2 heterocycles. The van der Waals surface area contributed by atoms with Crippen molar-refractivity contribution in [3.8, 4) is 5.69 Å². The van der Waals surface area contributed by atoms with Gasteiger partial charge in [0.15, 0.2) is 5.65 Å². The standard InChI is InChI=1S/C15H12BrCl2N3/c1-8-5-6-19-15-13(8)20-14(9(2)17)21(15)10-3-4-12(18)11(16)7-10/h3-7,9H,1-2H3. The van der Waals surface area contributed by atoms with E-state index in [4.69, 9.17) is 23.2 Å². The Morgan fingerprint density at radius 3 is 2.71 bits per heavy atom. The summed E-state index contributed by atoms with van der Waals surface area (Å²) in [6, 6.07) is 7.66. The van der Waals surface area contributed by atoms with Crippen LogP contribution in [0.2, 0.25) is 5.02 Å². The van der Waals surface area contributed by atoms with E-state index in [1.54, 1.807) is 6.20 Å². The Hall–Kier alpha value is -1.10. The molecule has 108 valence electrons. The zero-order chi connectivity index (χ0) is 15.1. The van der Waals surface area contributed by atoms with Crippen LogP contribution in [-0.4, -0.2) is 14.5 Å². The van der Waals surface area contributed by atoms with E-state index in [-0.39, 0.29) is 5.38 Å². The maximum atomic E-state index is 6.30. The van der Waals surface area contributed by atoms with E-state index in [1.807, 2.05) is 42.7 Å². The molecule has 2 aromatic heterocycles. The number of nitrogens with zero attached hydrogens (tertiary/aromatic N) is 3. The van der Waals surface area contributed by atoms with Crippen LogP contribution in [0.1, 0.15) is 23.7 Å². The zero-order valence-corrected chi connectivity index (χ0v) is 14.5. The van der Waals surface area contributed by atoms with Crippen molar-refractivity contribution in [3.05, 3.63) is 51.3 Å². The molecule has 1 aromatic carbocycles. The molecule has 0 saturated heterocycles. The highest BCUT2D eigenvalue weighted by atomic mass is 79.9. The quantitative estimate of drug-likeness (QED) is 0.550. The first-order valence-electron chi connectivity index (χ1n) is 6.42. The lowest BCUT2D eigenvalue weighted by Crippen LogP contribution is -2.02. The van der Waals surface area contributed by atoms with Crippen LogP contribution in [0.5, 0.6) is 0 Å². The summed E-state index contributed by atoms with van der Waals surface area (Å²) in [6.07, 6.45) is 1.78. The molecular weight excluding hydrogens is 373 g/mol. The number of halogens is 3. The molecule has 0 spiro atoms. The number of pyridine rings is 1. The average molecular weight is 385 g/mol. The number of hydrogen-bond acceptors (Lipinski definition) is 2. The molecule has 3 rings (SSSR count). The lowest BCUT2D eigenvalue weighted by Gasteiger charge is -2.11. The number of aryl methyl sites for hydroxylation is 1. The highest BCUT2D eigenvalue weighted by Gasteiger charge is 2.18. The van der Waals surface area contributed by atoms with Crippen molar-refractivity contribution in [2.45, 2.75) is 19.2 Å². The molecule has 0 aliphatic heterocycles. The van der Waals surface area contributed by atoms with Crippen LogP contribution < -0.4 is 0 Å². The Kier molecular flexibility index (Phi) is 3.95. The number of aromatic nitrogens is 3. The van der Waals surface area contributed by atoms with Crippen molar-refractivity contribution in [2.75, 3.05) is 0 Å². The lowest BCUT2D eigenvalue weighted by molar-refractivity contribution is 0.876. The van der Waals surface area contributed by atoms with Crippen LogP contribution >= 0.6 is 39.1 Å². The Morgan fingerprint density at radius 1 is 1.29 bits per heavy atom. The van der Waals surface area contributed by atoms with Gasteiger partial charge < -0.3 is 0 Å². The second-order valence-corrected chi connectivity index (χ2v) is 6.74. The molecule has 0 radical (unpaired) electrons.